The lowest BCUT2D eigenvalue weighted by Gasteiger charge is -2.36. The fraction of sp³-hybridized carbons (Fsp3) is 0.667. The molecule has 0 bridgehead atoms. The molecular formula is C12H20N4S. The van der Waals surface area contributed by atoms with Crippen LogP contribution in [0.3, 0.4) is 0 Å². The normalized spacial score (nSPS) is 19.4. The lowest BCUT2D eigenvalue weighted by atomic mass is 9.93. The molecule has 1 aromatic heterocycles. The van der Waals surface area contributed by atoms with E-state index in [9.17, 15) is 0 Å². The van der Waals surface area contributed by atoms with E-state index in [0.717, 1.165) is 5.69 Å². The second-order valence-electron chi connectivity index (χ2n) is 4.77. The van der Waals surface area contributed by atoms with Gasteiger partial charge in [-0.15, -0.1) is 0 Å². The lowest BCUT2D eigenvalue weighted by Crippen LogP contribution is -2.42. The summed E-state index contributed by atoms with van der Waals surface area (Å²) in [4.78, 5) is 9.99. The van der Waals surface area contributed by atoms with Crippen LogP contribution in [0.5, 0.6) is 0 Å². The number of H-pyrrole nitrogens is 1. The summed E-state index contributed by atoms with van der Waals surface area (Å²) in [6.07, 6.45) is 9.93. The molecule has 1 fully saturated rings. The first-order valence-electron chi connectivity index (χ1n) is 6.19. The zero-order valence-electron chi connectivity index (χ0n) is 10.2. The second-order valence-corrected chi connectivity index (χ2v) is 5.24. The molecule has 0 spiro atoms. The van der Waals surface area contributed by atoms with Gasteiger partial charge in [0.15, 0.2) is 0 Å². The van der Waals surface area contributed by atoms with Crippen molar-refractivity contribution in [3.8, 4) is 0 Å². The number of aromatic nitrogens is 2. The number of likely N-dealkylation sites (N-methyl/N-ethyl adjacent to an activating group) is 1. The standard InChI is InChI=1S/C12H20N4S/c1-16(9-5-3-2-4-6-9)11(12(13)17)10-7-14-8-15-10/h7-9,11H,2-6H2,1H3,(H2,13,17)(H,14,15). The average Bonchev–Trinajstić information content (AvgIpc) is 2.83. The minimum atomic E-state index is -0.0180. The molecule has 0 aromatic carbocycles. The highest BCUT2D eigenvalue weighted by Crippen LogP contribution is 2.28. The van der Waals surface area contributed by atoms with Gasteiger partial charge in [0.25, 0.3) is 0 Å². The summed E-state index contributed by atoms with van der Waals surface area (Å²) in [6, 6.07) is 0.564. The number of aromatic amines is 1. The molecule has 0 amide bonds. The molecule has 2 rings (SSSR count). The number of hydrogen-bond donors (Lipinski definition) is 2. The van der Waals surface area contributed by atoms with Crippen molar-refractivity contribution in [2.24, 2.45) is 5.73 Å². The molecule has 94 valence electrons. The Labute approximate surface area is 108 Å². The molecule has 5 heteroatoms. The molecule has 1 aromatic rings. The highest BCUT2D eigenvalue weighted by atomic mass is 32.1. The van der Waals surface area contributed by atoms with Crippen molar-refractivity contribution >= 4 is 17.2 Å². The van der Waals surface area contributed by atoms with E-state index in [4.69, 9.17) is 18.0 Å². The number of rotatable bonds is 4. The Hall–Kier alpha value is -0.940. The third-order valence-electron chi connectivity index (χ3n) is 3.64. The Balaban J connectivity index is 2.12. The molecule has 1 aliphatic rings. The predicted molar refractivity (Wildman–Crippen MR) is 72.8 cm³/mol. The van der Waals surface area contributed by atoms with Crippen molar-refractivity contribution in [2.45, 2.75) is 44.2 Å². The number of hydrogen-bond acceptors (Lipinski definition) is 3. The first-order valence-corrected chi connectivity index (χ1v) is 6.60. The molecule has 3 N–H and O–H groups in total. The van der Waals surface area contributed by atoms with Gasteiger partial charge in [-0.1, -0.05) is 31.5 Å². The Morgan fingerprint density at radius 2 is 2.24 bits per heavy atom. The van der Waals surface area contributed by atoms with Crippen molar-refractivity contribution in [3.63, 3.8) is 0 Å². The Morgan fingerprint density at radius 3 is 2.76 bits per heavy atom. The third-order valence-corrected chi connectivity index (χ3v) is 3.86. The average molecular weight is 252 g/mol. The van der Waals surface area contributed by atoms with Gasteiger partial charge >= 0.3 is 0 Å². The van der Waals surface area contributed by atoms with E-state index in [-0.39, 0.29) is 6.04 Å². The van der Waals surface area contributed by atoms with Crippen LogP contribution in [0.2, 0.25) is 0 Å². The van der Waals surface area contributed by atoms with Crippen LogP contribution in [-0.4, -0.2) is 32.9 Å². The number of nitrogens with zero attached hydrogens (tertiary/aromatic N) is 2. The van der Waals surface area contributed by atoms with E-state index in [0.29, 0.717) is 11.0 Å². The SMILES string of the molecule is CN(C1CCCCC1)C(C(N)=S)c1cnc[nH]1. The maximum atomic E-state index is 5.88. The summed E-state index contributed by atoms with van der Waals surface area (Å²) in [6.45, 7) is 0. The number of nitrogens with one attached hydrogen (secondary N) is 1. The maximum absolute atomic E-state index is 5.88. The van der Waals surface area contributed by atoms with Crippen LogP contribution in [-0.2, 0) is 0 Å². The Kier molecular flexibility index (Phi) is 4.12. The van der Waals surface area contributed by atoms with Crippen LogP contribution >= 0.6 is 12.2 Å². The highest BCUT2D eigenvalue weighted by Gasteiger charge is 2.28. The van der Waals surface area contributed by atoms with E-state index in [1.807, 2.05) is 6.20 Å². The van der Waals surface area contributed by atoms with Crippen molar-refractivity contribution in [1.82, 2.24) is 14.9 Å². The summed E-state index contributed by atoms with van der Waals surface area (Å²) >= 11 is 5.20. The van der Waals surface area contributed by atoms with Crippen LogP contribution in [0.25, 0.3) is 0 Å². The van der Waals surface area contributed by atoms with Crippen molar-refractivity contribution in [2.75, 3.05) is 7.05 Å². The van der Waals surface area contributed by atoms with E-state index in [2.05, 4.69) is 21.9 Å². The maximum Gasteiger partial charge on any atom is 0.102 e. The fourth-order valence-electron chi connectivity index (χ4n) is 2.69. The van der Waals surface area contributed by atoms with Crippen LogP contribution in [0, 0.1) is 0 Å². The zero-order valence-corrected chi connectivity index (χ0v) is 11.0. The Morgan fingerprint density at radius 1 is 1.53 bits per heavy atom. The second kappa shape index (κ2) is 5.60. The molecule has 17 heavy (non-hydrogen) atoms. The molecule has 1 aliphatic carbocycles. The van der Waals surface area contributed by atoms with Gasteiger partial charge in [-0.05, 0) is 19.9 Å². The number of imidazole rings is 1. The van der Waals surface area contributed by atoms with Crippen molar-refractivity contribution < 1.29 is 0 Å². The van der Waals surface area contributed by atoms with E-state index < -0.39 is 0 Å². The zero-order chi connectivity index (χ0) is 12.3. The quantitative estimate of drug-likeness (QED) is 0.805. The minimum Gasteiger partial charge on any atom is -0.392 e. The molecule has 0 radical (unpaired) electrons. The molecular weight excluding hydrogens is 232 g/mol. The van der Waals surface area contributed by atoms with E-state index in [1.54, 1.807) is 6.33 Å². The topological polar surface area (TPSA) is 57.9 Å². The summed E-state index contributed by atoms with van der Waals surface area (Å²) in [5.41, 5.74) is 6.87. The van der Waals surface area contributed by atoms with Gasteiger partial charge in [-0.25, -0.2) is 4.98 Å². The highest BCUT2D eigenvalue weighted by molar-refractivity contribution is 7.80. The van der Waals surface area contributed by atoms with Crippen LogP contribution in [0.1, 0.15) is 43.8 Å². The number of nitrogens with two attached hydrogens (primary N) is 1. The monoisotopic (exact) mass is 252 g/mol. The van der Waals surface area contributed by atoms with Gasteiger partial charge < -0.3 is 10.7 Å². The fourth-order valence-corrected chi connectivity index (χ4v) is 2.98. The molecule has 0 saturated heterocycles. The molecule has 0 aliphatic heterocycles. The van der Waals surface area contributed by atoms with Crippen LogP contribution in [0.4, 0.5) is 0 Å². The van der Waals surface area contributed by atoms with Gasteiger partial charge in [-0.2, -0.15) is 0 Å². The van der Waals surface area contributed by atoms with Gasteiger partial charge in [0, 0.05) is 12.2 Å². The van der Waals surface area contributed by atoms with Crippen molar-refractivity contribution in [3.05, 3.63) is 18.2 Å². The van der Waals surface area contributed by atoms with Gasteiger partial charge in [0.1, 0.15) is 6.04 Å². The molecule has 1 heterocycles. The summed E-state index contributed by atoms with van der Waals surface area (Å²) < 4.78 is 0. The molecule has 4 nitrogen and oxygen atoms in total. The molecule has 1 saturated carbocycles. The molecule has 1 unspecified atom stereocenters. The minimum absolute atomic E-state index is 0.0180. The largest absolute Gasteiger partial charge is 0.392 e. The van der Waals surface area contributed by atoms with Gasteiger partial charge in [0.2, 0.25) is 0 Å². The third kappa shape index (κ3) is 2.84. The van der Waals surface area contributed by atoms with Gasteiger partial charge in [-0.3, -0.25) is 4.90 Å². The predicted octanol–water partition coefficient (Wildman–Crippen LogP) is 2.00. The van der Waals surface area contributed by atoms with Crippen LogP contribution in [0.15, 0.2) is 12.5 Å². The first-order chi connectivity index (χ1) is 8.20. The van der Waals surface area contributed by atoms with Crippen molar-refractivity contribution in [1.29, 1.82) is 0 Å². The molecule has 1 atom stereocenters. The van der Waals surface area contributed by atoms with Gasteiger partial charge in [0.05, 0.1) is 17.0 Å². The smallest absolute Gasteiger partial charge is 0.102 e. The van der Waals surface area contributed by atoms with E-state index in [1.165, 1.54) is 32.1 Å². The first kappa shape index (κ1) is 12.5. The lowest BCUT2D eigenvalue weighted by molar-refractivity contribution is 0.168. The Bertz CT molecular complexity index is 357. The van der Waals surface area contributed by atoms with E-state index >= 15 is 0 Å². The number of thiocarbonyl (C=S) groups is 1. The summed E-state index contributed by atoms with van der Waals surface area (Å²) in [7, 11) is 2.11. The summed E-state index contributed by atoms with van der Waals surface area (Å²) in [5.74, 6) is 0. The summed E-state index contributed by atoms with van der Waals surface area (Å²) in [5, 5.41) is 0. The van der Waals surface area contributed by atoms with Crippen LogP contribution < -0.4 is 5.73 Å².